The van der Waals surface area contributed by atoms with E-state index in [-0.39, 0.29) is 65.4 Å². The molecule has 0 heterocycles. The molecule has 0 aromatic heterocycles. The summed E-state index contributed by atoms with van der Waals surface area (Å²) in [4.78, 5) is 0. The summed E-state index contributed by atoms with van der Waals surface area (Å²) in [7, 11) is 0. The molecule has 0 aromatic carbocycles. The van der Waals surface area contributed by atoms with Crippen molar-refractivity contribution in [3.05, 3.63) is 13.3 Å². The van der Waals surface area contributed by atoms with Crippen LogP contribution < -0.4 is 0 Å². The molecule has 0 aromatic rings. The average Bonchev–Trinajstić information content (AvgIpc) is 1.61. The second-order valence-corrected chi connectivity index (χ2v) is 2.09. The molecule has 9 heavy (non-hydrogen) atoms. The standard InChI is InChI=1S/C7H14.2Y/c1-4-5-6-7(2)3;;/h4,7H,2,5-6H2,1,3H3;;/q-2;;/t7-;;/m1../s1. The van der Waals surface area contributed by atoms with Gasteiger partial charge in [0.2, 0.25) is 0 Å². The van der Waals surface area contributed by atoms with Crippen LogP contribution >= 0.6 is 0 Å². The number of hydrogen-bond donors (Lipinski definition) is 0. The quantitative estimate of drug-likeness (QED) is 0.694. The molecule has 0 saturated carbocycles. The molecule has 2 radical (unpaired) electrons. The first-order valence-corrected chi connectivity index (χ1v) is 2.88. The second-order valence-electron chi connectivity index (χ2n) is 2.09. The molecule has 0 spiro atoms. The molecule has 0 bridgehead atoms. The van der Waals surface area contributed by atoms with Gasteiger partial charge in [-0.25, -0.2) is 0 Å². The van der Waals surface area contributed by atoms with E-state index in [2.05, 4.69) is 27.2 Å². The van der Waals surface area contributed by atoms with Crippen LogP contribution in [0.5, 0.6) is 0 Å². The Bertz CT molecular complexity index is 35.9. The first-order chi connectivity index (χ1) is 3.27. The van der Waals surface area contributed by atoms with Crippen LogP contribution in [0.3, 0.4) is 0 Å². The van der Waals surface area contributed by atoms with E-state index in [0.29, 0.717) is 5.92 Å². The van der Waals surface area contributed by atoms with Crippen LogP contribution in [0.4, 0.5) is 0 Å². The monoisotopic (exact) mass is 276 g/mol. The molecule has 0 fully saturated rings. The first kappa shape index (κ1) is 17.3. The molecule has 1 atom stereocenters. The number of unbranched alkanes of at least 4 members (excludes halogenated alkanes) is 1. The molecule has 0 N–H and O–H groups in total. The van der Waals surface area contributed by atoms with Gasteiger partial charge in [-0.15, -0.1) is 6.42 Å². The van der Waals surface area contributed by atoms with Gasteiger partial charge in [0.25, 0.3) is 0 Å². The van der Waals surface area contributed by atoms with Gasteiger partial charge in [-0.05, 0) is 0 Å². The van der Waals surface area contributed by atoms with Crippen LogP contribution in [0.2, 0.25) is 0 Å². The molecule has 2 heteroatoms. The molecule has 0 unspecified atom stereocenters. The van der Waals surface area contributed by atoms with Crippen molar-refractivity contribution in [1.82, 2.24) is 0 Å². The summed E-state index contributed by atoms with van der Waals surface area (Å²) >= 11 is 0. The number of hydrogen-bond acceptors (Lipinski definition) is 0. The molecule has 0 saturated heterocycles. The predicted molar refractivity (Wildman–Crippen MR) is 33.7 cm³/mol. The molecule has 0 rings (SSSR count). The Morgan fingerprint density at radius 1 is 1.44 bits per heavy atom. The van der Waals surface area contributed by atoms with E-state index in [1.165, 1.54) is 12.8 Å². The van der Waals surface area contributed by atoms with Gasteiger partial charge < -0.3 is 13.3 Å². The molecule has 0 aliphatic heterocycles. The fraction of sp³-hybridized carbons (Fsp3) is 0.714. The van der Waals surface area contributed by atoms with Gasteiger partial charge in [0.05, 0.1) is 0 Å². The van der Waals surface area contributed by atoms with Gasteiger partial charge in [-0.2, -0.15) is 19.3 Å². The van der Waals surface area contributed by atoms with Gasteiger partial charge in [0.1, 0.15) is 0 Å². The summed E-state index contributed by atoms with van der Waals surface area (Å²) in [6, 6.07) is 0. The zero-order chi connectivity index (χ0) is 5.70. The van der Waals surface area contributed by atoms with E-state index in [1.54, 1.807) is 0 Å². The maximum atomic E-state index is 3.86. The van der Waals surface area contributed by atoms with Crippen LogP contribution in [-0.4, -0.2) is 0 Å². The smallest absolute Gasteiger partial charge is 0 e. The van der Waals surface area contributed by atoms with E-state index in [4.69, 9.17) is 0 Å². The predicted octanol–water partition coefficient (Wildman–Crippen LogP) is 2.46. The largest absolute Gasteiger partial charge is 0.341 e. The van der Waals surface area contributed by atoms with Gasteiger partial charge in [0, 0.05) is 65.4 Å². The van der Waals surface area contributed by atoms with Crippen molar-refractivity contribution >= 4 is 0 Å². The molecule has 0 nitrogen and oxygen atoms in total. The van der Waals surface area contributed by atoms with Crippen molar-refractivity contribution < 1.29 is 65.4 Å². The van der Waals surface area contributed by atoms with Gasteiger partial charge in [0.15, 0.2) is 0 Å². The SMILES string of the molecule is [CH2-][C@H](C)CC[CH-]C.[Y].[Y]. The van der Waals surface area contributed by atoms with Crippen LogP contribution in [0.15, 0.2) is 0 Å². The first-order valence-electron chi connectivity index (χ1n) is 2.88. The van der Waals surface area contributed by atoms with E-state index in [1.807, 2.05) is 0 Å². The summed E-state index contributed by atoms with van der Waals surface area (Å²) in [5.74, 6) is 0.621. The molecule has 50 valence electrons. The Balaban J connectivity index is -0.000000180. The Hall–Kier alpha value is 2.21. The van der Waals surface area contributed by atoms with Crippen molar-refractivity contribution in [1.29, 1.82) is 0 Å². The van der Waals surface area contributed by atoms with Crippen LogP contribution in [0.1, 0.15) is 26.7 Å². The molecule has 0 amide bonds. The molecular weight excluding hydrogens is 262 g/mol. The minimum atomic E-state index is 0. The third-order valence-electron chi connectivity index (χ3n) is 0.948. The third-order valence-corrected chi connectivity index (χ3v) is 0.948. The molecule has 0 aliphatic rings. The van der Waals surface area contributed by atoms with Gasteiger partial charge >= 0.3 is 0 Å². The van der Waals surface area contributed by atoms with Gasteiger partial charge in [-0.3, -0.25) is 0 Å². The van der Waals surface area contributed by atoms with Crippen LogP contribution in [0.25, 0.3) is 0 Å². The fourth-order valence-corrected chi connectivity index (χ4v) is 0.451. The van der Waals surface area contributed by atoms with Crippen molar-refractivity contribution in [2.24, 2.45) is 5.92 Å². The normalized spacial score (nSPS) is 11.0. The van der Waals surface area contributed by atoms with E-state index < -0.39 is 0 Å². The maximum absolute atomic E-state index is 3.86. The minimum Gasteiger partial charge on any atom is -0.341 e. The van der Waals surface area contributed by atoms with Crippen molar-refractivity contribution in [2.45, 2.75) is 26.7 Å². The van der Waals surface area contributed by atoms with E-state index in [9.17, 15) is 0 Å². The summed E-state index contributed by atoms with van der Waals surface area (Å²) in [6.07, 6.45) is 4.63. The van der Waals surface area contributed by atoms with Crippen molar-refractivity contribution in [2.75, 3.05) is 0 Å². The Morgan fingerprint density at radius 3 is 2.00 bits per heavy atom. The third kappa shape index (κ3) is 17.8. The maximum Gasteiger partial charge on any atom is 0 e. The zero-order valence-electron chi connectivity index (χ0n) is 6.43. The Morgan fingerprint density at radius 2 is 1.89 bits per heavy atom. The Labute approximate surface area is 110 Å². The Kier molecular flexibility index (Phi) is 24.7. The van der Waals surface area contributed by atoms with Crippen molar-refractivity contribution in [3.8, 4) is 0 Å². The summed E-state index contributed by atoms with van der Waals surface area (Å²) in [5, 5.41) is 0. The number of rotatable bonds is 3. The van der Waals surface area contributed by atoms with Crippen LogP contribution in [-0.2, 0) is 65.4 Å². The molecule has 0 aliphatic carbocycles. The summed E-state index contributed by atoms with van der Waals surface area (Å²) in [6.45, 7) is 8.08. The minimum absolute atomic E-state index is 0. The summed E-state index contributed by atoms with van der Waals surface area (Å²) in [5.41, 5.74) is 0. The van der Waals surface area contributed by atoms with E-state index >= 15 is 0 Å². The van der Waals surface area contributed by atoms with Crippen molar-refractivity contribution in [3.63, 3.8) is 0 Å². The fourth-order valence-electron chi connectivity index (χ4n) is 0.451. The zero-order valence-corrected chi connectivity index (χ0v) is 12.1. The molecular formula is C7H14Y2-2. The average molecular weight is 276 g/mol. The van der Waals surface area contributed by atoms with E-state index in [0.717, 1.165) is 0 Å². The topological polar surface area (TPSA) is 0 Å². The second kappa shape index (κ2) is 12.8. The van der Waals surface area contributed by atoms with Crippen LogP contribution in [0, 0.1) is 19.3 Å². The van der Waals surface area contributed by atoms with Gasteiger partial charge in [-0.1, -0.05) is 6.92 Å². The summed E-state index contributed by atoms with van der Waals surface area (Å²) < 4.78 is 0.